The van der Waals surface area contributed by atoms with Crippen molar-refractivity contribution in [2.24, 2.45) is 5.92 Å². The molecule has 2 fully saturated rings. The van der Waals surface area contributed by atoms with Crippen LogP contribution in [0.4, 0.5) is 11.4 Å². The Labute approximate surface area is 244 Å². The van der Waals surface area contributed by atoms with E-state index in [1.807, 2.05) is 36.4 Å². The van der Waals surface area contributed by atoms with Gasteiger partial charge in [0.1, 0.15) is 17.4 Å². The Morgan fingerprint density at radius 1 is 0.762 bits per heavy atom. The number of ether oxygens (including phenoxy) is 2. The van der Waals surface area contributed by atoms with Gasteiger partial charge >= 0.3 is 5.97 Å². The lowest BCUT2D eigenvalue weighted by Crippen LogP contribution is -2.37. The molecule has 4 aromatic rings. The maximum absolute atomic E-state index is 13.9. The van der Waals surface area contributed by atoms with Gasteiger partial charge in [-0.1, -0.05) is 61.9 Å². The first-order chi connectivity index (χ1) is 20.5. The van der Waals surface area contributed by atoms with E-state index in [1.165, 1.54) is 4.90 Å². The van der Waals surface area contributed by atoms with E-state index in [-0.39, 0.29) is 5.91 Å². The molecule has 2 amide bonds. The van der Waals surface area contributed by atoms with E-state index in [2.05, 4.69) is 6.92 Å². The summed E-state index contributed by atoms with van der Waals surface area (Å²) in [5.74, 6) is -0.951. The third-order valence-corrected chi connectivity index (χ3v) is 7.43. The zero-order valence-electron chi connectivity index (χ0n) is 23.1. The van der Waals surface area contributed by atoms with Crippen LogP contribution in [0.25, 0.3) is 0 Å². The molecule has 2 heterocycles. The summed E-state index contributed by atoms with van der Waals surface area (Å²) in [6.45, 7) is 2.70. The molecule has 8 nitrogen and oxygen atoms in total. The molecule has 0 N–H and O–H groups in total. The number of anilines is 2. The number of para-hydroxylation sites is 1. The number of carbonyl (C=O) groups is 3. The SMILES string of the molecule is CCCCOc1ccc(N2C(=O)[C@H]3[C@H](ON(c4ccccc4)[C@@H]3c3ccc(OC(=O)c4ccccc4)cc3)C2=O)cc1. The molecule has 6 rings (SSSR count). The first-order valence-electron chi connectivity index (χ1n) is 14.0. The molecule has 0 aromatic heterocycles. The van der Waals surface area contributed by atoms with Crippen molar-refractivity contribution < 1.29 is 28.7 Å². The Hall–Kier alpha value is -4.95. The molecule has 2 aliphatic heterocycles. The van der Waals surface area contributed by atoms with Crippen molar-refractivity contribution in [3.8, 4) is 11.5 Å². The fourth-order valence-electron chi connectivity index (χ4n) is 5.31. The molecule has 212 valence electrons. The van der Waals surface area contributed by atoms with Crippen LogP contribution in [0, 0.1) is 5.92 Å². The third kappa shape index (κ3) is 5.24. The number of hydrogen-bond donors (Lipinski definition) is 0. The molecule has 0 aliphatic carbocycles. The van der Waals surface area contributed by atoms with E-state index in [4.69, 9.17) is 14.3 Å². The van der Waals surface area contributed by atoms with Crippen LogP contribution in [0.15, 0.2) is 109 Å². The Kier molecular flexibility index (Phi) is 7.70. The highest BCUT2D eigenvalue weighted by Crippen LogP contribution is 2.47. The second kappa shape index (κ2) is 11.9. The van der Waals surface area contributed by atoms with Crippen molar-refractivity contribution in [1.29, 1.82) is 0 Å². The molecular formula is C34H30N2O6. The topological polar surface area (TPSA) is 85.4 Å². The summed E-state index contributed by atoms with van der Waals surface area (Å²) in [4.78, 5) is 47.5. The van der Waals surface area contributed by atoms with Gasteiger partial charge in [0, 0.05) is 0 Å². The minimum atomic E-state index is -0.987. The summed E-state index contributed by atoms with van der Waals surface area (Å²) in [6, 6.07) is 31.5. The van der Waals surface area contributed by atoms with Crippen molar-refractivity contribution in [2.75, 3.05) is 16.6 Å². The molecule has 0 saturated carbocycles. The summed E-state index contributed by atoms with van der Waals surface area (Å²) in [7, 11) is 0. The van der Waals surface area contributed by atoms with Crippen LogP contribution in [-0.4, -0.2) is 30.5 Å². The Morgan fingerprint density at radius 2 is 1.40 bits per heavy atom. The molecule has 3 atom stereocenters. The smallest absolute Gasteiger partial charge is 0.343 e. The third-order valence-electron chi connectivity index (χ3n) is 7.43. The van der Waals surface area contributed by atoms with Gasteiger partial charge in [-0.2, -0.15) is 0 Å². The summed E-state index contributed by atoms with van der Waals surface area (Å²) in [5.41, 5.74) is 2.38. The fourth-order valence-corrected chi connectivity index (χ4v) is 5.31. The van der Waals surface area contributed by atoms with Crippen LogP contribution in [0.3, 0.4) is 0 Å². The van der Waals surface area contributed by atoms with E-state index in [1.54, 1.807) is 77.9 Å². The van der Waals surface area contributed by atoms with Gasteiger partial charge in [-0.15, -0.1) is 0 Å². The largest absolute Gasteiger partial charge is 0.494 e. The monoisotopic (exact) mass is 562 g/mol. The number of carbonyl (C=O) groups excluding carboxylic acids is 3. The highest BCUT2D eigenvalue weighted by molar-refractivity contribution is 6.24. The highest BCUT2D eigenvalue weighted by Gasteiger charge is 2.60. The number of amides is 2. The Bertz CT molecular complexity index is 1560. The van der Waals surface area contributed by atoms with Crippen molar-refractivity contribution in [3.63, 3.8) is 0 Å². The fraction of sp³-hybridized carbons (Fsp3) is 0.206. The number of imide groups is 1. The molecular weight excluding hydrogens is 532 g/mol. The molecule has 2 aliphatic rings. The molecule has 0 bridgehead atoms. The Balaban J connectivity index is 1.27. The lowest BCUT2D eigenvalue weighted by Gasteiger charge is -2.28. The average Bonchev–Trinajstić information content (AvgIpc) is 3.54. The molecule has 8 heteroatoms. The summed E-state index contributed by atoms with van der Waals surface area (Å²) in [6.07, 6.45) is 0.987. The second-order valence-electron chi connectivity index (χ2n) is 10.2. The van der Waals surface area contributed by atoms with Gasteiger partial charge in [0.05, 0.1) is 29.6 Å². The number of rotatable bonds is 9. The van der Waals surface area contributed by atoms with E-state index in [9.17, 15) is 14.4 Å². The lowest BCUT2D eigenvalue weighted by atomic mass is 9.90. The predicted molar refractivity (Wildman–Crippen MR) is 157 cm³/mol. The first kappa shape index (κ1) is 27.2. The van der Waals surface area contributed by atoms with Crippen molar-refractivity contribution in [1.82, 2.24) is 0 Å². The zero-order valence-corrected chi connectivity index (χ0v) is 23.1. The van der Waals surface area contributed by atoms with Crippen LogP contribution in [0.1, 0.15) is 41.7 Å². The zero-order chi connectivity index (χ0) is 29.1. The number of unbranched alkanes of at least 4 members (excludes halogenated alkanes) is 1. The van der Waals surface area contributed by atoms with Gasteiger partial charge in [-0.25, -0.2) is 14.8 Å². The van der Waals surface area contributed by atoms with Crippen molar-refractivity contribution in [3.05, 3.63) is 120 Å². The number of hydrogen-bond acceptors (Lipinski definition) is 7. The van der Waals surface area contributed by atoms with E-state index < -0.39 is 29.9 Å². The first-order valence-corrected chi connectivity index (χ1v) is 14.0. The van der Waals surface area contributed by atoms with Crippen LogP contribution >= 0.6 is 0 Å². The van der Waals surface area contributed by atoms with Crippen LogP contribution < -0.4 is 19.4 Å². The van der Waals surface area contributed by atoms with Gasteiger partial charge < -0.3 is 9.47 Å². The van der Waals surface area contributed by atoms with Gasteiger partial charge in [0.2, 0.25) is 5.91 Å². The molecule has 0 spiro atoms. The number of esters is 1. The Morgan fingerprint density at radius 3 is 2.07 bits per heavy atom. The minimum absolute atomic E-state index is 0.340. The van der Waals surface area contributed by atoms with Gasteiger partial charge in [-0.3, -0.25) is 14.4 Å². The van der Waals surface area contributed by atoms with E-state index >= 15 is 0 Å². The molecule has 4 aromatic carbocycles. The normalized spacial score (nSPS) is 19.6. The summed E-state index contributed by atoms with van der Waals surface area (Å²) < 4.78 is 11.3. The van der Waals surface area contributed by atoms with Gasteiger partial charge in [0.15, 0.2) is 6.10 Å². The van der Waals surface area contributed by atoms with Crippen LogP contribution in [0.5, 0.6) is 11.5 Å². The number of hydroxylamine groups is 1. The average molecular weight is 563 g/mol. The quantitative estimate of drug-likeness (QED) is 0.105. The highest BCUT2D eigenvalue weighted by atomic mass is 16.7. The van der Waals surface area contributed by atoms with Crippen molar-refractivity contribution in [2.45, 2.75) is 31.9 Å². The predicted octanol–water partition coefficient (Wildman–Crippen LogP) is 6.14. The maximum atomic E-state index is 13.9. The van der Waals surface area contributed by atoms with Crippen molar-refractivity contribution >= 4 is 29.2 Å². The standard InChI is InChI=1S/C34H30N2O6/c1-2-3-22-40-27-20-16-25(17-21-27)35-32(37)29-30(36(42-31(29)33(35)38)26-12-8-5-9-13-26)23-14-18-28(19-15-23)41-34(39)24-10-6-4-7-11-24/h4-21,29-31H,2-3,22H2,1H3/t29-,30-,31+/m1/s1. The van der Waals surface area contributed by atoms with Gasteiger partial charge in [0.25, 0.3) is 5.91 Å². The lowest BCUT2D eigenvalue weighted by molar-refractivity contribution is -0.126. The van der Waals surface area contributed by atoms with Crippen LogP contribution in [0.2, 0.25) is 0 Å². The minimum Gasteiger partial charge on any atom is -0.494 e. The summed E-state index contributed by atoms with van der Waals surface area (Å²) >= 11 is 0. The van der Waals surface area contributed by atoms with Crippen LogP contribution in [-0.2, 0) is 14.4 Å². The number of nitrogens with zero attached hydrogens (tertiary/aromatic N) is 2. The molecule has 0 radical (unpaired) electrons. The molecule has 42 heavy (non-hydrogen) atoms. The molecule has 0 unspecified atom stereocenters. The van der Waals surface area contributed by atoms with E-state index in [0.29, 0.717) is 29.4 Å². The number of benzene rings is 4. The second-order valence-corrected chi connectivity index (χ2v) is 10.2. The van der Waals surface area contributed by atoms with Gasteiger partial charge in [-0.05, 0) is 72.6 Å². The maximum Gasteiger partial charge on any atom is 0.343 e. The molecule has 2 saturated heterocycles. The van der Waals surface area contributed by atoms with E-state index in [0.717, 1.165) is 24.1 Å². The summed E-state index contributed by atoms with van der Waals surface area (Å²) in [5, 5.41) is 1.64. The number of fused-ring (bicyclic) bond motifs is 1.